The Kier molecular flexibility index (Phi) is 2.87. The van der Waals surface area contributed by atoms with Crippen LogP contribution in [0.1, 0.15) is 12.8 Å². The number of aliphatic carboxylic acids is 1. The number of nitrogens with two attached hydrogens (primary N) is 1. The Labute approximate surface area is 75.9 Å². The number of ether oxygens (including phenoxy) is 1. The maximum absolute atomic E-state index is 11.1. The first-order valence-electron chi connectivity index (χ1n) is 4.12. The molecule has 1 saturated carbocycles. The zero-order chi connectivity index (χ0) is 10.0. The number of hydrogen-bond donors (Lipinski definition) is 2. The minimum absolute atomic E-state index is 0.204. The Bertz CT molecular complexity index is 228. The molecule has 5 nitrogen and oxygen atoms in total. The van der Waals surface area contributed by atoms with Crippen molar-refractivity contribution in [2.45, 2.75) is 18.9 Å². The summed E-state index contributed by atoms with van der Waals surface area (Å²) in [5.41, 5.74) is 5.57. The largest absolute Gasteiger partial charge is 0.481 e. The zero-order valence-corrected chi connectivity index (χ0v) is 7.40. The van der Waals surface area contributed by atoms with Crippen LogP contribution in [0.25, 0.3) is 0 Å². The van der Waals surface area contributed by atoms with Gasteiger partial charge < -0.3 is 15.6 Å². The Hall–Kier alpha value is -1.10. The van der Waals surface area contributed by atoms with Crippen LogP contribution in [-0.4, -0.2) is 30.2 Å². The van der Waals surface area contributed by atoms with E-state index in [1.807, 2.05) is 0 Å². The molecule has 1 aliphatic carbocycles. The van der Waals surface area contributed by atoms with Crippen LogP contribution in [0.15, 0.2) is 0 Å². The third-order valence-corrected chi connectivity index (χ3v) is 2.42. The highest BCUT2D eigenvalue weighted by atomic mass is 16.5. The van der Waals surface area contributed by atoms with Crippen molar-refractivity contribution in [2.24, 2.45) is 17.6 Å². The van der Waals surface area contributed by atoms with Crippen molar-refractivity contribution in [1.29, 1.82) is 0 Å². The third-order valence-electron chi connectivity index (χ3n) is 2.42. The highest BCUT2D eigenvalue weighted by Crippen LogP contribution is 2.31. The highest BCUT2D eigenvalue weighted by molar-refractivity contribution is 5.81. The molecule has 1 aliphatic rings. The summed E-state index contributed by atoms with van der Waals surface area (Å²) < 4.78 is 4.51. The monoisotopic (exact) mass is 187 g/mol. The summed E-state index contributed by atoms with van der Waals surface area (Å²) >= 11 is 0. The molecule has 3 unspecified atom stereocenters. The van der Waals surface area contributed by atoms with Crippen LogP contribution in [-0.2, 0) is 14.3 Å². The second kappa shape index (κ2) is 3.74. The maximum Gasteiger partial charge on any atom is 0.309 e. The van der Waals surface area contributed by atoms with E-state index in [0.717, 1.165) is 0 Å². The average Bonchev–Trinajstić information content (AvgIpc) is 2.46. The van der Waals surface area contributed by atoms with Gasteiger partial charge in [0.1, 0.15) is 0 Å². The van der Waals surface area contributed by atoms with Crippen molar-refractivity contribution < 1.29 is 19.4 Å². The van der Waals surface area contributed by atoms with Gasteiger partial charge in [-0.05, 0) is 12.8 Å². The fraction of sp³-hybridized carbons (Fsp3) is 0.750. The van der Waals surface area contributed by atoms with Gasteiger partial charge in [0.05, 0.1) is 18.9 Å². The minimum atomic E-state index is -0.969. The molecule has 0 heterocycles. The Balaban J connectivity index is 2.71. The van der Waals surface area contributed by atoms with Crippen LogP contribution in [0.3, 0.4) is 0 Å². The molecule has 3 N–H and O–H groups in total. The summed E-state index contributed by atoms with van der Waals surface area (Å²) in [5, 5.41) is 8.78. The van der Waals surface area contributed by atoms with Crippen molar-refractivity contribution in [3.05, 3.63) is 0 Å². The van der Waals surface area contributed by atoms with Crippen molar-refractivity contribution in [2.75, 3.05) is 7.11 Å². The first kappa shape index (κ1) is 9.98. The fourth-order valence-electron chi connectivity index (χ4n) is 1.76. The van der Waals surface area contributed by atoms with Gasteiger partial charge in [-0.25, -0.2) is 0 Å². The van der Waals surface area contributed by atoms with Crippen LogP contribution < -0.4 is 5.73 Å². The lowest BCUT2D eigenvalue weighted by Crippen LogP contribution is -2.26. The molecule has 3 atom stereocenters. The molecule has 1 rings (SSSR count). The van der Waals surface area contributed by atoms with Crippen LogP contribution in [0.4, 0.5) is 0 Å². The number of carbonyl (C=O) groups is 2. The molecule has 0 spiro atoms. The molecule has 0 radical (unpaired) electrons. The number of carboxylic acids is 1. The molecule has 0 saturated heterocycles. The van der Waals surface area contributed by atoms with E-state index < -0.39 is 23.8 Å². The van der Waals surface area contributed by atoms with E-state index >= 15 is 0 Å². The van der Waals surface area contributed by atoms with Crippen molar-refractivity contribution >= 4 is 11.9 Å². The van der Waals surface area contributed by atoms with Gasteiger partial charge in [-0.3, -0.25) is 9.59 Å². The lowest BCUT2D eigenvalue weighted by molar-refractivity contribution is -0.154. The zero-order valence-electron chi connectivity index (χ0n) is 7.40. The van der Waals surface area contributed by atoms with E-state index in [0.29, 0.717) is 12.8 Å². The second-order valence-corrected chi connectivity index (χ2v) is 3.31. The summed E-state index contributed by atoms with van der Waals surface area (Å²) in [4.78, 5) is 21.8. The third kappa shape index (κ3) is 1.98. The Morgan fingerprint density at radius 1 is 1.38 bits per heavy atom. The van der Waals surface area contributed by atoms with E-state index in [2.05, 4.69) is 4.74 Å². The van der Waals surface area contributed by atoms with Gasteiger partial charge in [0, 0.05) is 6.04 Å². The summed E-state index contributed by atoms with van der Waals surface area (Å²) in [5.74, 6) is -2.69. The molecule has 0 aromatic carbocycles. The minimum Gasteiger partial charge on any atom is -0.481 e. The molecular formula is C8H13NO4. The predicted molar refractivity (Wildman–Crippen MR) is 43.8 cm³/mol. The maximum atomic E-state index is 11.1. The molecular weight excluding hydrogens is 174 g/mol. The number of carboxylic acid groups (broad SMARTS) is 1. The van der Waals surface area contributed by atoms with Crippen LogP contribution in [0, 0.1) is 11.8 Å². The van der Waals surface area contributed by atoms with Gasteiger partial charge in [0.25, 0.3) is 0 Å². The normalized spacial score (nSPS) is 32.9. The van der Waals surface area contributed by atoms with Gasteiger partial charge in [0.2, 0.25) is 0 Å². The first-order valence-corrected chi connectivity index (χ1v) is 4.12. The summed E-state index contributed by atoms with van der Waals surface area (Å²) in [7, 11) is 1.26. The smallest absolute Gasteiger partial charge is 0.309 e. The molecule has 74 valence electrons. The van der Waals surface area contributed by atoms with E-state index in [1.54, 1.807) is 0 Å². The second-order valence-electron chi connectivity index (χ2n) is 3.31. The molecule has 0 aromatic heterocycles. The number of methoxy groups -OCH3 is 1. The topological polar surface area (TPSA) is 89.6 Å². The fourth-order valence-corrected chi connectivity index (χ4v) is 1.76. The Morgan fingerprint density at radius 2 is 1.92 bits per heavy atom. The van der Waals surface area contributed by atoms with Gasteiger partial charge in [-0.2, -0.15) is 0 Å². The lowest BCUT2D eigenvalue weighted by Gasteiger charge is -2.11. The number of hydrogen-bond acceptors (Lipinski definition) is 4. The number of rotatable bonds is 2. The highest BCUT2D eigenvalue weighted by Gasteiger charge is 2.42. The molecule has 0 aromatic rings. The molecule has 1 fully saturated rings. The van der Waals surface area contributed by atoms with Crippen molar-refractivity contribution in [3.63, 3.8) is 0 Å². The summed E-state index contributed by atoms with van der Waals surface area (Å²) in [6.45, 7) is 0. The SMILES string of the molecule is COC(=O)C1CC(N)CC1C(=O)O. The van der Waals surface area contributed by atoms with E-state index in [-0.39, 0.29) is 6.04 Å². The quantitative estimate of drug-likeness (QED) is 0.574. The van der Waals surface area contributed by atoms with E-state index in [9.17, 15) is 9.59 Å². The van der Waals surface area contributed by atoms with E-state index in [4.69, 9.17) is 10.8 Å². The van der Waals surface area contributed by atoms with Gasteiger partial charge >= 0.3 is 11.9 Å². The molecule has 13 heavy (non-hydrogen) atoms. The van der Waals surface area contributed by atoms with E-state index in [1.165, 1.54) is 7.11 Å². The Morgan fingerprint density at radius 3 is 2.38 bits per heavy atom. The van der Waals surface area contributed by atoms with Crippen molar-refractivity contribution in [1.82, 2.24) is 0 Å². The molecule has 0 bridgehead atoms. The first-order chi connectivity index (χ1) is 6.06. The lowest BCUT2D eigenvalue weighted by atomic mass is 9.97. The standard InChI is InChI=1S/C8H13NO4/c1-13-8(12)6-3-4(9)2-5(6)7(10)11/h4-6H,2-3,9H2,1H3,(H,10,11). The predicted octanol–water partition coefficient (Wildman–Crippen LogP) is -0.402. The van der Waals surface area contributed by atoms with Gasteiger partial charge in [-0.15, -0.1) is 0 Å². The van der Waals surface area contributed by atoms with Crippen LogP contribution in [0.5, 0.6) is 0 Å². The van der Waals surface area contributed by atoms with Gasteiger partial charge in [-0.1, -0.05) is 0 Å². The molecule has 0 aliphatic heterocycles. The summed E-state index contributed by atoms with van der Waals surface area (Å²) in [6.07, 6.45) is 0.763. The summed E-state index contributed by atoms with van der Waals surface area (Å²) in [6, 6.07) is -0.204. The van der Waals surface area contributed by atoms with Crippen molar-refractivity contribution in [3.8, 4) is 0 Å². The number of esters is 1. The van der Waals surface area contributed by atoms with Crippen LogP contribution in [0.2, 0.25) is 0 Å². The van der Waals surface area contributed by atoms with Gasteiger partial charge in [0.15, 0.2) is 0 Å². The molecule has 5 heteroatoms. The van der Waals surface area contributed by atoms with Crippen LogP contribution >= 0.6 is 0 Å². The number of carbonyl (C=O) groups excluding carboxylic acids is 1. The molecule has 0 amide bonds. The average molecular weight is 187 g/mol.